The lowest BCUT2D eigenvalue weighted by Gasteiger charge is -2.30. The lowest BCUT2D eigenvalue weighted by atomic mass is 9.96. The summed E-state index contributed by atoms with van der Waals surface area (Å²) < 4.78 is 0. The maximum absolute atomic E-state index is 11.8. The monoisotopic (exact) mass is 242 g/mol. The first-order valence-corrected chi connectivity index (χ1v) is 6.05. The number of rotatable bonds is 5. The van der Waals surface area contributed by atoms with E-state index in [-0.39, 0.29) is 11.5 Å². The van der Waals surface area contributed by atoms with Gasteiger partial charge in [0.25, 0.3) is 0 Å². The van der Waals surface area contributed by atoms with Gasteiger partial charge in [0.05, 0.1) is 0 Å². The van der Waals surface area contributed by atoms with Gasteiger partial charge in [-0.25, -0.2) is 9.59 Å². The number of carbonyl (C=O) groups is 2. The largest absolute Gasteiger partial charge is 0.480 e. The van der Waals surface area contributed by atoms with Crippen LogP contribution >= 0.6 is 0 Å². The average molecular weight is 242 g/mol. The van der Waals surface area contributed by atoms with E-state index in [0.717, 1.165) is 19.3 Å². The van der Waals surface area contributed by atoms with E-state index in [0.29, 0.717) is 0 Å². The lowest BCUT2D eigenvalue weighted by Crippen LogP contribution is -2.59. The Balaban J connectivity index is 2.63. The Hall–Kier alpha value is -1.26. The Morgan fingerprint density at radius 3 is 2.12 bits per heavy atom. The van der Waals surface area contributed by atoms with E-state index < -0.39 is 17.5 Å². The third-order valence-corrected chi connectivity index (χ3v) is 3.55. The van der Waals surface area contributed by atoms with E-state index in [1.54, 1.807) is 6.92 Å². The standard InChI is InChI=1S/C12H22N2O3/c1-5-11(2,3)13-10(17)14-12(4,9(15)16)8-6-7-8/h8H,5-7H2,1-4H3,(H,15,16)(H2,13,14,17). The second-order valence-corrected chi connectivity index (χ2v) is 5.60. The van der Waals surface area contributed by atoms with Gasteiger partial charge in [-0.05, 0) is 46.0 Å². The van der Waals surface area contributed by atoms with Crippen molar-refractivity contribution in [1.29, 1.82) is 0 Å². The Bertz CT molecular complexity index is 324. The second-order valence-electron chi connectivity index (χ2n) is 5.60. The maximum Gasteiger partial charge on any atom is 0.329 e. The summed E-state index contributed by atoms with van der Waals surface area (Å²) in [6, 6.07) is -0.409. The highest BCUT2D eigenvalue weighted by molar-refractivity contribution is 5.86. The quantitative estimate of drug-likeness (QED) is 0.687. The average Bonchev–Trinajstić information content (AvgIpc) is 2.99. The highest BCUT2D eigenvalue weighted by atomic mass is 16.4. The fourth-order valence-electron chi connectivity index (χ4n) is 1.65. The molecule has 1 saturated carbocycles. The van der Waals surface area contributed by atoms with Crippen LogP contribution in [0.4, 0.5) is 4.79 Å². The van der Waals surface area contributed by atoms with Gasteiger partial charge >= 0.3 is 12.0 Å². The Morgan fingerprint density at radius 2 is 1.76 bits per heavy atom. The van der Waals surface area contributed by atoms with E-state index in [1.807, 2.05) is 20.8 Å². The molecule has 1 unspecified atom stereocenters. The van der Waals surface area contributed by atoms with Crippen LogP contribution < -0.4 is 10.6 Å². The summed E-state index contributed by atoms with van der Waals surface area (Å²) >= 11 is 0. The van der Waals surface area contributed by atoms with Gasteiger partial charge in [0.15, 0.2) is 0 Å². The number of nitrogens with one attached hydrogen (secondary N) is 2. The van der Waals surface area contributed by atoms with Crippen molar-refractivity contribution in [3.8, 4) is 0 Å². The molecule has 2 amide bonds. The number of hydrogen-bond donors (Lipinski definition) is 3. The molecule has 0 saturated heterocycles. The lowest BCUT2D eigenvalue weighted by molar-refractivity contribution is -0.144. The second kappa shape index (κ2) is 4.55. The van der Waals surface area contributed by atoms with Gasteiger partial charge in [-0.15, -0.1) is 0 Å². The minimum absolute atomic E-state index is 0.0514. The van der Waals surface area contributed by atoms with Crippen molar-refractivity contribution in [2.24, 2.45) is 5.92 Å². The van der Waals surface area contributed by atoms with Crippen LogP contribution in [0.1, 0.15) is 47.0 Å². The zero-order valence-electron chi connectivity index (χ0n) is 11.0. The molecule has 1 fully saturated rings. The summed E-state index contributed by atoms with van der Waals surface area (Å²) in [7, 11) is 0. The molecule has 1 aliphatic rings. The molecule has 0 heterocycles. The van der Waals surface area contributed by atoms with Gasteiger partial charge < -0.3 is 15.7 Å². The molecule has 0 aromatic rings. The molecule has 0 aromatic heterocycles. The Labute approximate surface area is 102 Å². The molecule has 17 heavy (non-hydrogen) atoms. The number of carbonyl (C=O) groups excluding carboxylic acids is 1. The molecule has 1 atom stereocenters. The van der Waals surface area contributed by atoms with Crippen LogP contribution in [0.5, 0.6) is 0 Å². The summed E-state index contributed by atoms with van der Waals surface area (Å²) in [6.45, 7) is 7.35. The maximum atomic E-state index is 11.8. The van der Waals surface area contributed by atoms with E-state index in [1.165, 1.54) is 0 Å². The van der Waals surface area contributed by atoms with Gasteiger partial charge in [-0.2, -0.15) is 0 Å². The van der Waals surface area contributed by atoms with E-state index >= 15 is 0 Å². The SMILES string of the molecule is CCC(C)(C)NC(=O)NC(C)(C(=O)O)C1CC1. The molecular formula is C12H22N2O3. The topological polar surface area (TPSA) is 78.4 Å². The third-order valence-electron chi connectivity index (χ3n) is 3.55. The molecular weight excluding hydrogens is 220 g/mol. The Kier molecular flexibility index (Phi) is 3.69. The summed E-state index contributed by atoms with van der Waals surface area (Å²) in [5, 5.41) is 14.6. The van der Waals surface area contributed by atoms with Crippen LogP contribution in [0.2, 0.25) is 0 Å². The van der Waals surface area contributed by atoms with Crippen molar-refractivity contribution in [3.05, 3.63) is 0 Å². The van der Waals surface area contributed by atoms with Crippen LogP contribution in [0.15, 0.2) is 0 Å². The van der Waals surface area contributed by atoms with Gasteiger partial charge in [-0.1, -0.05) is 6.92 Å². The molecule has 0 aliphatic heterocycles. The number of amides is 2. The minimum Gasteiger partial charge on any atom is -0.480 e. The summed E-state index contributed by atoms with van der Waals surface area (Å²) in [6.07, 6.45) is 2.51. The summed E-state index contributed by atoms with van der Waals surface area (Å²) in [5.41, 5.74) is -1.47. The van der Waals surface area contributed by atoms with E-state index in [9.17, 15) is 14.7 Å². The molecule has 3 N–H and O–H groups in total. The van der Waals surface area contributed by atoms with E-state index in [2.05, 4.69) is 10.6 Å². The van der Waals surface area contributed by atoms with Gasteiger partial charge in [0.2, 0.25) is 0 Å². The number of aliphatic carboxylic acids is 1. The Morgan fingerprint density at radius 1 is 1.24 bits per heavy atom. The third kappa shape index (κ3) is 3.35. The van der Waals surface area contributed by atoms with Crippen molar-refractivity contribution in [3.63, 3.8) is 0 Å². The molecule has 98 valence electrons. The van der Waals surface area contributed by atoms with Crippen molar-refractivity contribution in [1.82, 2.24) is 10.6 Å². The molecule has 1 aliphatic carbocycles. The van der Waals surface area contributed by atoms with Crippen LogP contribution in [-0.4, -0.2) is 28.2 Å². The van der Waals surface area contributed by atoms with Crippen molar-refractivity contribution < 1.29 is 14.7 Å². The number of carboxylic acid groups (broad SMARTS) is 1. The van der Waals surface area contributed by atoms with Gasteiger partial charge in [-0.3, -0.25) is 0 Å². The van der Waals surface area contributed by atoms with Crippen molar-refractivity contribution >= 4 is 12.0 Å². The first kappa shape index (κ1) is 13.8. The molecule has 5 heteroatoms. The predicted molar refractivity (Wildman–Crippen MR) is 64.8 cm³/mol. The number of carboxylic acids is 1. The van der Waals surface area contributed by atoms with Crippen LogP contribution in [0, 0.1) is 5.92 Å². The van der Waals surface area contributed by atoms with Crippen molar-refractivity contribution in [2.75, 3.05) is 0 Å². The van der Waals surface area contributed by atoms with Crippen molar-refractivity contribution in [2.45, 2.75) is 58.0 Å². The normalized spacial score (nSPS) is 19.3. The minimum atomic E-state index is -1.14. The molecule has 0 spiro atoms. The highest BCUT2D eigenvalue weighted by Gasteiger charge is 2.48. The number of hydrogen-bond acceptors (Lipinski definition) is 2. The molecule has 0 radical (unpaired) electrons. The predicted octanol–water partition coefficient (Wildman–Crippen LogP) is 1.73. The fraction of sp³-hybridized carbons (Fsp3) is 0.833. The number of urea groups is 1. The highest BCUT2D eigenvalue weighted by Crippen LogP contribution is 2.39. The zero-order chi connectivity index (χ0) is 13.3. The van der Waals surface area contributed by atoms with Crippen LogP contribution in [0.3, 0.4) is 0 Å². The summed E-state index contributed by atoms with van der Waals surface area (Å²) in [4.78, 5) is 23.0. The fourth-order valence-corrected chi connectivity index (χ4v) is 1.65. The molecule has 5 nitrogen and oxygen atoms in total. The van der Waals surface area contributed by atoms with Crippen LogP contribution in [-0.2, 0) is 4.79 Å². The zero-order valence-corrected chi connectivity index (χ0v) is 11.0. The first-order valence-electron chi connectivity index (χ1n) is 6.05. The molecule has 0 aromatic carbocycles. The van der Waals surface area contributed by atoms with E-state index in [4.69, 9.17) is 0 Å². The molecule has 1 rings (SSSR count). The smallest absolute Gasteiger partial charge is 0.329 e. The van der Waals surface area contributed by atoms with Crippen LogP contribution in [0.25, 0.3) is 0 Å². The first-order chi connectivity index (χ1) is 7.71. The van der Waals surface area contributed by atoms with Gasteiger partial charge in [0.1, 0.15) is 5.54 Å². The van der Waals surface area contributed by atoms with Gasteiger partial charge in [0, 0.05) is 5.54 Å². The summed E-state index contributed by atoms with van der Waals surface area (Å²) in [5.74, 6) is -0.917. The molecule has 0 bridgehead atoms.